The zero-order valence-corrected chi connectivity index (χ0v) is 10.0. The van der Waals surface area contributed by atoms with Crippen LogP contribution in [-0.4, -0.2) is 19.4 Å². The van der Waals surface area contributed by atoms with Crippen molar-refractivity contribution in [3.8, 4) is 6.07 Å². The molecule has 0 aliphatic carbocycles. The van der Waals surface area contributed by atoms with Crippen LogP contribution in [-0.2, 0) is 9.47 Å². The number of rotatable bonds is 9. The largest absolute Gasteiger partial charge is 0.508 e. The molecule has 0 atom stereocenters. The van der Waals surface area contributed by atoms with E-state index in [2.05, 4.69) is 11.7 Å². The van der Waals surface area contributed by atoms with Gasteiger partial charge in [-0.2, -0.15) is 5.26 Å². The van der Waals surface area contributed by atoms with Gasteiger partial charge in [-0.15, -0.1) is 0 Å². The average molecular weight is 227 g/mol. The minimum absolute atomic E-state index is 0.117. The van der Waals surface area contributed by atoms with Crippen molar-refractivity contribution in [2.24, 2.45) is 0 Å². The van der Waals surface area contributed by atoms with Gasteiger partial charge < -0.3 is 9.47 Å². The summed E-state index contributed by atoms with van der Waals surface area (Å²) in [5, 5.41) is 8.21. The molecule has 0 radical (unpaired) electrons. The second-order valence-electron chi connectivity index (χ2n) is 3.62. The monoisotopic (exact) mass is 227 g/mol. The van der Waals surface area contributed by atoms with Gasteiger partial charge in [-0.05, 0) is 6.42 Å². The molecule has 0 spiro atoms. The van der Waals surface area contributed by atoms with Gasteiger partial charge >= 0.3 is 6.16 Å². The second kappa shape index (κ2) is 11.8. The molecule has 0 amide bonds. The summed E-state index contributed by atoms with van der Waals surface area (Å²) in [5.74, 6) is 0. The summed E-state index contributed by atoms with van der Waals surface area (Å²) in [7, 11) is 0. The Morgan fingerprint density at radius 2 is 1.69 bits per heavy atom. The highest BCUT2D eigenvalue weighted by atomic mass is 16.7. The Morgan fingerprint density at radius 1 is 1.06 bits per heavy atom. The predicted molar refractivity (Wildman–Crippen MR) is 60.9 cm³/mol. The standard InChI is InChI=1S/C12H21NO3/c1-2-3-4-5-6-7-10-15-12(14)16-11-8-9-13/h2-8,10-11H2,1H3. The molecular formula is C12H21NO3. The van der Waals surface area contributed by atoms with Crippen LogP contribution in [0, 0.1) is 11.3 Å². The molecule has 0 bridgehead atoms. The lowest BCUT2D eigenvalue weighted by atomic mass is 10.1. The van der Waals surface area contributed by atoms with Gasteiger partial charge in [0.1, 0.15) is 6.61 Å². The summed E-state index contributed by atoms with van der Waals surface area (Å²) in [5.41, 5.74) is 0. The highest BCUT2D eigenvalue weighted by Gasteiger charge is 2.02. The van der Waals surface area contributed by atoms with E-state index in [9.17, 15) is 4.79 Å². The molecule has 0 unspecified atom stereocenters. The van der Waals surface area contributed by atoms with Crippen molar-refractivity contribution in [3.63, 3.8) is 0 Å². The van der Waals surface area contributed by atoms with Gasteiger partial charge in [0.15, 0.2) is 0 Å². The Labute approximate surface area is 97.5 Å². The number of carbonyl (C=O) groups is 1. The molecule has 0 rings (SSSR count). The van der Waals surface area contributed by atoms with Gasteiger partial charge in [-0.3, -0.25) is 0 Å². The van der Waals surface area contributed by atoms with E-state index in [1.54, 1.807) is 0 Å². The number of hydrogen-bond acceptors (Lipinski definition) is 4. The zero-order valence-electron chi connectivity index (χ0n) is 10.0. The molecule has 92 valence electrons. The number of nitriles is 1. The highest BCUT2D eigenvalue weighted by Crippen LogP contribution is 2.05. The quantitative estimate of drug-likeness (QED) is 0.447. The van der Waals surface area contributed by atoms with Gasteiger partial charge in [0.05, 0.1) is 19.1 Å². The Balaban J connectivity index is 3.12. The van der Waals surface area contributed by atoms with Gasteiger partial charge in [-0.1, -0.05) is 39.0 Å². The first-order chi connectivity index (χ1) is 7.81. The van der Waals surface area contributed by atoms with Crippen molar-refractivity contribution in [1.29, 1.82) is 5.26 Å². The van der Waals surface area contributed by atoms with Gasteiger partial charge in [0, 0.05) is 0 Å². The molecule has 0 aliphatic heterocycles. The normalized spacial score (nSPS) is 9.50. The van der Waals surface area contributed by atoms with E-state index >= 15 is 0 Å². The van der Waals surface area contributed by atoms with Gasteiger partial charge in [0.2, 0.25) is 0 Å². The Bertz CT molecular complexity index is 211. The maximum Gasteiger partial charge on any atom is 0.508 e. The molecule has 0 saturated carbocycles. The molecule has 0 fully saturated rings. The number of unbranched alkanes of at least 4 members (excludes halogenated alkanes) is 5. The lowest BCUT2D eigenvalue weighted by Gasteiger charge is -2.04. The van der Waals surface area contributed by atoms with E-state index in [0.29, 0.717) is 6.61 Å². The highest BCUT2D eigenvalue weighted by molar-refractivity contribution is 5.59. The van der Waals surface area contributed by atoms with Crippen LogP contribution in [0.1, 0.15) is 51.9 Å². The maximum absolute atomic E-state index is 10.9. The molecule has 0 aliphatic rings. The molecule has 16 heavy (non-hydrogen) atoms. The molecule has 0 saturated heterocycles. The third kappa shape index (κ3) is 10.8. The van der Waals surface area contributed by atoms with Crippen LogP contribution < -0.4 is 0 Å². The van der Waals surface area contributed by atoms with E-state index in [-0.39, 0.29) is 13.0 Å². The Kier molecular flexibility index (Phi) is 10.9. The van der Waals surface area contributed by atoms with Crippen LogP contribution in [0.25, 0.3) is 0 Å². The van der Waals surface area contributed by atoms with Crippen molar-refractivity contribution in [2.75, 3.05) is 13.2 Å². The van der Waals surface area contributed by atoms with Gasteiger partial charge in [-0.25, -0.2) is 4.79 Å². The fraction of sp³-hybridized carbons (Fsp3) is 0.833. The van der Waals surface area contributed by atoms with Crippen molar-refractivity contribution in [2.45, 2.75) is 51.9 Å². The minimum atomic E-state index is -0.663. The number of carbonyl (C=O) groups excluding carboxylic acids is 1. The summed E-state index contributed by atoms with van der Waals surface area (Å²) in [4.78, 5) is 10.9. The summed E-state index contributed by atoms with van der Waals surface area (Å²) in [6.45, 7) is 2.71. The van der Waals surface area contributed by atoms with Crippen LogP contribution in [0.15, 0.2) is 0 Å². The van der Waals surface area contributed by atoms with Crippen LogP contribution in [0.2, 0.25) is 0 Å². The fourth-order valence-electron chi connectivity index (χ4n) is 1.26. The molecule has 0 aromatic rings. The lowest BCUT2D eigenvalue weighted by Crippen LogP contribution is -2.09. The molecule has 0 heterocycles. The summed E-state index contributed by atoms with van der Waals surface area (Å²) in [6, 6.07) is 1.89. The fourth-order valence-corrected chi connectivity index (χ4v) is 1.26. The predicted octanol–water partition coefficient (Wildman–Crippen LogP) is 3.41. The summed E-state index contributed by atoms with van der Waals surface area (Å²) >= 11 is 0. The minimum Gasteiger partial charge on any atom is -0.434 e. The number of ether oxygens (including phenoxy) is 2. The molecule has 4 nitrogen and oxygen atoms in total. The SMILES string of the molecule is CCCCCCCCOC(=O)OCCC#N. The lowest BCUT2D eigenvalue weighted by molar-refractivity contribution is 0.0556. The Morgan fingerprint density at radius 3 is 2.38 bits per heavy atom. The first-order valence-electron chi connectivity index (χ1n) is 5.97. The van der Waals surface area contributed by atoms with E-state index < -0.39 is 6.16 Å². The smallest absolute Gasteiger partial charge is 0.434 e. The third-order valence-electron chi connectivity index (χ3n) is 2.15. The molecule has 0 aromatic heterocycles. The van der Waals surface area contributed by atoms with E-state index in [1.165, 1.54) is 25.7 Å². The molecule has 0 aromatic carbocycles. The van der Waals surface area contributed by atoms with Crippen molar-refractivity contribution >= 4 is 6.16 Å². The van der Waals surface area contributed by atoms with Crippen LogP contribution in [0.4, 0.5) is 4.79 Å². The van der Waals surface area contributed by atoms with Gasteiger partial charge in [0.25, 0.3) is 0 Å². The van der Waals surface area contributed by atoms with Crippen molar-refractivity contribution in [1.82, 2.24) is 0 Å². The summed E-state index contributed by atoms with van der Waals surface area (Å²) < 4.78 is 9.47. The number of nitrogens with zero attached hydrogens (tertiary/aromatic N) is 1. The first kappa shape index (κ1) is 14.8. The second-order valence-corrected chi connectivity index (χ2v) is 3.62. The zero-order chi connectivity index (χ0) is 12.1. The van der Waals surface area contributed by atoms with E-state index in [4.69, 9.17) is 10.00 Å². The Hall–Kier alpha value is -1.24. The van der Waals surface area contributed by atoms with E-state index in [0.717, 1.165) is 12.8 Å². The molecule has 4 heteroatoms. The maximum atomic E-state index is 10.9. The summed E-state index contributed by atoms with van der Waals surface area (Å²) in [6.07, 6.45) is 6.49. The van der Waals surface area contributed by atoms with Crippen molar-refractivity contribution < 1.29 is 14.3 Å². The third-order valence-corrected chi connectivity index (χ3v) is 2.15. The topological polar surface area (TPSA) is 59.3 Å². The van der Waals surface area contributed by atoms with Crippen LogP contribution in [0.5, 0.6) is 0 Å². The van der Waals surface area contributed by atoms with Crippen LogP contribution in [0.3, 0.4) is 0 Å². The van der Waals surface area contributed by atoms with Crippen molar-refractivity contribution in [3.05, 3.63) is 0 Å². The molecule has 0 N–H and O–H groups in total. The molecular weight excluding hydrogens is 206 g/mol. The average Bonchev–Trinajstić information content (AvgIpc) is 2.28. The van der Waals surface area contributed by atoms with E-state index in [1.807, 2.05) is 6.07 Å². The van der Waals surface area contributed by atoms with Crippen LogP contribution >= 0.6 is 0 Å². The number of hydrogen-bond donors (Lipinski definition) is 0. The first-order valence-corrected chi connectivity index (χ1v) is 5.97.